The molecule has 0 radical (unpaired) electrons. The Labute approximate surface area is 86.4 Å². The van der Waals surface area contributed by atoms with Crippen LogP contribution in [-0.4, -0.2) is 0 Å². The second-order valence-corrected chi connectivity index (χ2v) is 3.51. The molecule has 1 aromatic carbocycles. The molecular weight excluding hydrogens is 170 g/mol. The van der Waals surface area contributed by atoms with Gasteiger partial charge in [-0.3, -0.25) is 0 Å². The number of nitrogens with zero attached hydrogens (tertiary/aromatic N) is 1. The van der Waals surface area contributed by atoms with Gasteiger partial charge >= 0.3 is 0 Å². The van der Waals surface area contributed by atoms with E-state index in [4.69, 9.17) is 5.26 Å². The Morgan fingerprint density at radius 2 is 2.07 bits per heavy atom. The topological polar surface area (TPSA) is 23.8 Å². The van der Waals surface area contributed by atoms with Crippen LogP contribution in [-0.2, 0) is 12.8 Å². The van der Waals surface area contributed by atoms with Crippen molar-refractivity contribution in [2.24, 2.45) is 0 Å². The molecule has 1 aromatic rings. The first kappa shape index (κ1) is 10.8. The molecule has 1 heteroatoms. The van der Waals surface area contributed by atoms with E-state index in [9.17, 15) is 0 Å². The zero-order chi connectivity index (χ0) is 10.4. The van der Waals surface area contributed by atoms with Crippen molar-refractivity contribution in [2.45, 2.75) is 39.5 Å². The van der Waals surface area contributed by atoms with E-state index < -0.39 is 0 Å². The zero-order valence-electron chi connectivity index (χ0n) is 9.01. The number of nitriles is 1. The summed E-state index contributed by atoms with van der Waals surface area (Å²) in [6.07, 6.45) is 4.49. The summed E-state index contributed by atoms with van der Waals surface area (Å²) in [5, 5.41) is 8.95. The van der Waals surface area contributed by atoms with Crippen molar-refractivity contribution in [2.75, 3.05) is 0 Å². The van der Waals surface area contributed by atoms with Crippen LogP contribution in [0.2, 0.25) is 0 Å². The molecule has 74 valence electrons. The molecule has 0 aliphatic carbocycles. The molecule has 0 amide bonds. The Kier molecular flexibility index (Phi) is 4.19. The average molecular weight is 187 g/mol. The van der Waals surface area contributed by atoms with Gasteiger partial charge in [0.2, 0.25) is 0 Å². The maximum atomic E-state index is 8.95. The average Bonchev–Trinajstić information content (AvgIpc) is 2.25. The maximum absolute atomic E-state index is 8.95. The van der Waals surface area contributed by atoms with E-state index in [2.05, 4.69) is 26.0 Å². The summed E-state index contributed by atoms with van der Waals surface area (Å²) in [6.45, 7) is 4.31. The molecule has 0 unspecified atom stereocenters. The molecule has 0 aromatic heterocycles. The van der Waals surface area contributed by atoms with Gasteiger partial charge in [0.25, 0.3) is 0 Å². The van der Waals surface area contributed by atoms with Gasteiger partial charge in [-0.15, -0.1) is 0 Å². The van der Waals surface area contributed by atoms with Gasteiger partial charge in [-0.25, -0.2) is 0 Å². The Hall–Kier alpha value is -1.29. The van der Waals surface area contributed by atoms with Crippen LogP contribution in [0.5, 0.6) is 0 Å². The summed E-state index contributed by atoms with van der Waals surface area (Å²) < 4.78 is 0. The molecular formula is C13H17N. The van der Waals surface area contributed by atoms with E-state index in [0.717, 1.165) is 18.4 Å². The molecule has 1 nitrogen and oxygen atoms in total. The summed E-state index contributed by atoms with van der Waals surface area (Å²) in [7, 11) is 0. The van der Waals surface area contributed by atoms with Crippen LogP contribution in [0.3, 0.4) is 0 Å². The minimum absolute atomic E-state index is 0.848. The fraction of sp³-hybridized carbons (Fsp3) is 0.462. The van der Waals surface area contributed by atoms with E-state index in [1.54, 1.807) is 0 Å². The number of benzene rings is 1. The predicted octanol–water partition coefficient (Wildman–Crippen LogP) is 3.46. The van der Waals surface area contributed by atoms with Crippen molar-refractivity contribution in [1.29, 1.82) is 5.26 Å². The van der Waals surface area contributed by atoms with Gasteiger partial charge in [-0.2, -0.15) is 5.26 Å². The van der Waals surface area contributed by atoms with E-state index >= 15 is 0 Å². The molecule has 0 fully saturated rings. The lowest BCUT2D eigenvalue weighted by molar-refractivity contribution is 0.786. The third-order valence-corrected chi connectivity index (χ3v) is 2.55. The molecule has 0 N–H and O–H groups in total. The lowest BCUT2D eigenvalue weighted by Crippen LogP contribution is -1.96. The third kappa shape index (κ3) is 2.35. The van der Waals surface area contributed by atoms with E-state index in [-0.39, 0.29) is 0 Å². The fourth-order valence-corrected chi connectivity index (χ4v) is 1.76. The van der Waals surface area contributed by atoms with Gasteiger partial charge in [0.1, 0.15) is 0 Å². The highest BCUT2D eigenvalue weighted by Gasteiger charge is 2.04. The Bertz CT molecular complexity index is 334. The van der Waals surface area contributed by atoms with Crippen molar-refractivity contribution in [3.05, 3.63) is 34.9 Å². The molecule has 0 bridgehead atoms. The highest BCUT2D eigenvalue weighted by atomic mass is 14.2. The van der Waals surface area contributed by atoms with Gasteiger partial charge in [0.15, 0.2) is 0 Å². The smallest absolute Gasteiger partial charge is 0.0994 e. The van der Waals surface area contributed by atoms with E-state index in [1.165, 1.54) is 24.0 Å². The predicted molar refractivity (Wildman–Crippen MR) is 59.1 cm³/mol. The van der Waals surface area contributed by atoms with Crippen LogP contribution in [0.1, 0.15) is 43.4 Å². The molecule has 0 aliphatic heterocycles. The van der Waals surface area contributed by atoms with Crippen LogP contribution in [0, 0.1) is 11.3 Å². The summed E-state index contributed by atoms with van der Waals surface area (Å²) in [4.78, 5) is 0. The summed E-state index contributed by atoms with van der Waals surface area (Å²) in [6, 6.07) is 8.31. The first-order valence-electron chi connectivity index (χ1n) is 5.34. The Balaban J connectivity index is 2.98. The van der Waals surface area contributed by atoms with Gasteiger partial charge < -0.3 is 0 Å². The van der Waals surface area contributed by atoms with Gasteiger partial charge in [-0.05, 0) is 36.5 Å². The first-order valence-corrected chi connectivity index (χ1v) is 5.34. The largest absolute Gasteiger partial charge is 0.192 e. The van der Waals surface area contributed by atoms with Crippen LogP contribution >= 0.6 is 0 Å². The minimum atomic E-state index is 0.848. The van der Waals surface area contributed by atoms with Crippen LogP contribution < -0.4 is 0 Å². The third-order valence-electron chi connectivity index (χ3n) is 2.55. The quantitative estimate of drug-likeness (QED) is 0.708. The van der Waals surface area contributed by atoms with Crippen molar-refractivity contribution < 1.29 is 0 Å². The van der Waals surface area contributed by atoms with Crippen LogP contribution in [0.25, 0.3) is 0 Å². The van der Waals surface area contributed by atoms with Crippen LogP contribution in [0.15, 0.2) is 18.2 Å². The Morgan fingerprint density at radius 3 is 2.64 bits per heavy atom. The summed E-state index contributed by atoms with van der Waals surface area (Å²) >= 11 is 0. The monoisotopic (exact) mass is 187 g/mol. The Morgan fingerprint density at radius 1 is 1.29 bits per heavy atom. The van der Waals surface area contributed by atoms with E-state index in [1.807, 2.05) is 12.1 Å². The SMILES string of the molecule is CCCCc1cccc(C#N)c1CC. The molecule has 0 saturated heterocycles. The molecule has 0 heterocycles. The standard InChI is InChI=1S/C13H17N/c1-3-5-7-11-8-6-9-12(10-14)13(11)4-2/h6,8-9H,3-5,7H2,1-2H3. The number of rotatable bonds is 4. The maximum Gasteiger partial charge on any atom is 0.0994 e. The molecule has 1 rings (SSSR count). The van der Waals surface area contributed by atoms with Crippen molar-refractivity contribution in [1.82, 2.24) is 0 Å². The van der Waals surface area contributed by atoms with Crippen molar-refractivity contribution >= 4 is 0 Å². The lowest BCUT2D eigenvalue weighted by Gasteiger charge is -2.08. The van der Waals surface area contributed by atoms with Crippen molar-refractivity contribution in [3.8, 4) is 6.07 Å². The van der Waals surface area contributed by atoms with Crippen molar-refractivity contribution in [3.63, 3.8) is 0 Å². The van der Waals surface area contributed by atoms with Gasteiger partial charge in [0.05, 0.1) is 11.6 Å². The van der Waals surface area contributed by atoms with Crippen LogP contribution in [0.4, 0.5) is 0 Å². The molecule has 0 spiro atoms. The molecule has 14 heavy (non-hydrogen) atoms. The number of aryl methyl sites for hydroxylation is 1. The second kappa shape index (κ2) is 5.44. The minimum Gasteiger partial charge on any atom is -0.192 e. The number of hydrogen-bond donors (Lipinski definition) is 0. The molecule has 0 atom stereocenters. The number of hydrogen-bond acceptors (Lipinski definition) is 1. The highest BCUT2D eigenvalue weighted by molar-refractivity contribution is 5.42. The van der Waals surface area contributed by atoms with Gasteiger partial charge in [-0.1, -0.05) is 32.4 Å². The fourth-order valence-electron chi connectivity index (χ4n) is 1.76. The zero-order valence-corrected chi connectivity index (χ0v) is 9.01. The first-order chi connectivity index (χ1) is 6.83. The summed E-state index contributed by atoms with van der Waals surface area (Å²) in [5.74, 6) is 0. The highest BCUT2D eigenvalue weighted by Crippen LogP contribution is 2.17. The molecule has 0 saturated carbocycles. The lowest BCUT2D eigenvalue weighted by atomic mass is 9.96. The van der Waals surface area contributed by atoms with E-state index in [0.29, 0.717) is 0 Å². The number of unbranched alkanes of at least 4 members (excludes halogenated alkanes) is 1. The molecule has 0 aliphatic rings. The normalized spacial score (nSPS) is 9.79. The second-order valence-electron chi connectivity index (χ2n) is 3.51. The summed E-state index contributed by atoms with van der Waals surface area (Å²) in [5.41, 5.74) is 3.44. The van der Waals surface area contributed by atoms with Gasteiger partial charge in [0, 0.05) is 0 Å².